The van der Waals surface area contributed by atoms with Gasteiger partial charge in [0.25, 0.3) is 0 Å². The summed E-state index contributed by atoms with van der Waals surface area (Å²) < 4.78 is 10.2. The van der Waals surface area contributed by atoms with Gasteiger partial charge in [0.05, 0.1) is 25.5 Å². The molecule has 5 heteroatoms. The van der Waals surface area contributed by atoms with Crippen LogP contribution < -0.4 is 9.47 Å². The molecule has 98 valence electrons. The Morgan fingerprint density at radius 2 is 1.89 bits per heavy atom. The van der Waals surface area contributed by atoms with Gasteiger partial charge in [-0.2, -0.15) is 0 Å². The first-order valence-electron chi connectivity index (χ1n) is 5.58. The zero-order chi connectivity index (χ0) is 13.8. The van der Waals surface area contributed by atoms with Crippen LogP contribution in [0.15, 0.2) is 36.4 Å². The van der Waals surface area contributed by atoms with Crippen LogP contribution in [-0.4, -0.2) is 30.3 Å². The van der Waals surface area contributed by atoms with Crippen LogP contribution in [0.3, 0.4) is 0 Å². The molecule has 1 N–H and O–H groups in total. The molecule has 0 unspecified atom stereocenters. The second-order valence-corrected chi connectivity index (χ2v) is 3.79. The Labute approximate surface area is 110 Å². The maximum Gasteiger partial charge on any atom is 0.336 e. The molecule has 1 aromatic heterocycles. The summed E-state index contributed by atoms with van der Waals surface area (Å²) in [6, 6.07) is 9.97. The van der Waals surface area contributed by atoms with E-state index in [9.17, 15) is 9.90 Å². The fourth-order valence-electron chi connectivity index (χ4n) is 1.73. The van der Waals surface area contributed by atoms with Gasteiger partial charge in [-0.1, -0.05) is 18.2 Å². The number of aromatic nitrogens is 1. The average Bonchev–Trinajstić information content (AvgIpc) is 2.46. The van der Waals surface area contributed by atoms with Crippen molar-refractivity contribution in [1.29, 1.82) is 0 Å². The first-order chi connectivity index (χ1) is 9.15. The topological polar surface area (TPSA) is 68.7 Å². The summed E-state index contributed by atoms with van der Waals surface area (Å²) in [6.45, 7) is 0. The minimum atomic E-state index is -1.00. The Bertz CT molecular complexity index is 588. The van der Waals surface area contributed by atoms with Crippen LogP contribution in [-0.2, 0) is 0 Å². The molecule has 0 fully saturated rings. The molecule has 19 heavy (non-hydrogen) atoms. The van der Waals surface area contributed by atoms with Gasteiger partial charge < -0.3 is 14.6 Å². The van der Waals surface area contributed by atoms with Gasteiger partial charge in [0, 0.05) is 17.7 Å². The Morgan fingerprint density at radius 3 is 2.53 bits per heavy atom. The van der Waals surface area contributed by atoms with Crippen molar-refractivity contribution < 1.29 is 19.4 Å². The van der Waals surface area contributed by atoms with Gasteiger partial charge in [0.15, 0.2) is 0 Å². The molecule has 0 aliphatic heterocycles. The number of pyridine rings is 1. The highest BCUT2D eigenvalue weighted by molar-refractivity contribution is 5.95. The van der Waals surface area contributed by atoms with E-state index in [-0.39, 0.29) is 5.56 Å². The van der Waals surface area contributed by atoms with Crippen LogP contribution in [0.4, 0.5) is 0 Å². The lowest BCUT2D eigenvalue weighted by molar-refractivity contribution is 0.0697. The van der Waals surface area contributed by atoms with Crippen molar-refractivity contribution in [2.45, 2.75) is 0 Å². The van der Waals surface area contributed by atoms with E-state index in [4.69, 9.17) is 9.47 Å². The summed E-state index contributed by atoms with van der Waals surface area (Å²) in [4.78, 5) is 15.5. The van der Waals surface area contributed by atoms with Crippen molar-refractivity contribution in [3.8, 4) is 22.9 Å². The molecule has 0 saturated carbocycles. The van der Waals surface area contributed by atoms with Crippen LogP contribution in [0.5, 0.6) is 11.6 Å². The number of aromatic carboxylic acids is 1. The molecule has 1 aromatic carbocycles. The molecule has 0 atom stereocenters. The minimum absolute atomic E-state index is 0.185. The summed E-state index contributed by atoms with van der Waals surface area (Å²) in [5, 5.41) is 9.19. The number of hydrogen-bond donors (Lipinski definition) is 1. The summed E-state index contributed by atoms with van der Waals surface area (Å²) in [5.41, 5.74) is 1.20. The van der Waals surface area contributed by atoms with Crippen LogP contribution in [0.2, 0.25) is 0 Å². The van der Waals surface area contributed by atoms with E-state index in [0.29, 0.717) is 22.9 Å². The molecule has 0 radical (unpaired) electrons. The second kappa shape index (κ2) is 5.39. The molecular formula is C14H13NO4. The molecule has 0 aliphatic carbocycles. The van der Waals surface area contributed by atoms with Crippen LogP contribution in [0.1, 0.15) is 10.4 Å². The van der Waals surface area contributed by atoms with E-state index < -0.39 is 5.97 Å². The van der Waals surface area contributed by atoms with Crippen molar-refractivity contribution in [2.24, 2.45) is 0 Å². The van der Waals surface area contributed by atoms with Gasteiger partial charge in [-0.3, -0.25) is 0 Å². The number of nitrogens with zero attached hydrogens (tertiary/aromatic N) is 1. The van der Waals surface area contributed by atoms with Crippen molar-refractivity contribution in [3.05, 3.63) is 42.0 Å². The molecule has 0 saturated heterocycles. The van der Waals surface area contributed by atoms with Crippen molar-refractivity contribution in [3.63, 3.8) is 0 Å². The van der Waals surface area contributed by atoms with Gasteiger partial charge in [-0.15, -0.1) is 0 Å². The Hall–Kier alpha value is -2.56. The monoisotopic (exact) mass is 259 g/mol. The molecule has 1 heterocycles. The van der Waals surface area contributed by atoms with Crippen molar-refractivity contribution >= 4 is 5.97 Å². The summed E-state index contributed by atoms with van der Waals surface area (Å²) in [5.74, 6) is -0.0734. The lowest BCUT2D eigenvalue weighted by Gasteiger charge is -2.09. The van der Waals surface area contributed by atoms with E-state index in [1.807, 2.05) is 0 Å². The first kappa shape index (κ1) is 12.9. The Morgan fingerprint density at radius 1 is 1.16 bits per heavy atom. The zero-order valence-electron chi connectivity index (χ0n) is 10.6. The van der Waals surface area contributed by atoms with Crippen LogP contribution in [0.25, 0.3) is 11.3 Å². The van der Waals surface area contributed by atoms with Gasteiger partial charge in [0.1, 0.15) is 5.75 Å². The average molecular weight is 259 g/mol. The lowest BCUT2D eigenvalue weighted by Crippen LogP contribution is -2.01. The smallest absolute Gasteiger partial charge is 0.336 e. The molecule has 0 spiro atoms. The molecule has 0 amide bonds. The number of carbonyl (C=O) groups is 1. The molecule has 2 rings (SSSR count). The summed E-state index contributed by atoms with van der Waals surface area (Å²) in [7, 11) is 3.02. The molecule has 2 aromatic rings. The maximum atomic E-state index is 11.2. The molecule has 0 bridgehead atoms. The normalized spacial score (nSPS) is 10.0. The van der Waals surface area contributed by atoms with E-state index in [1.165, 1.54) is 20.3 Å². The number of carboxylic acids is 1. The number of benzene rings is 1. The Balaban J connectivity index is 2.61. The van der Waals surface area contributed by atoms with Crippen LogP contribution >= 0.6 is 0 Å². The predicted molar refractivity (Wildman–Crippen MR) is 69.7 cm³/mol. The predicted octanol–water partition coefficient (Wildman–Crippen LogP) is 2.46. The standard InChI is InChI=1S/C14H13NO4/c1-18-9-7-12(15-13(8-9)19-2)10-5-3-4-6-11(10)14(16)17/h3-8H,1-2H3,(H,16,17). The minimum Gasteiger partial charge on any atom is -0.496 e. The maximum absolute atomic E-state index is 11.2. The third-order valence-electron chi connectivity index (χ3n) is 2.65. The summed E-state index contributed by atoms with van der Waals surface area (Å²) >= 11 is 0. The third-order valence-corrected chi connectivity index (χ3v) is 2.65. The SMILES string of the molecule is COc1cc(OC)nc(-c2ccccc2C(=O)O)c1. The van der Waals surface area contributed by atoms with Gasteiger partial charge in [0.2, 0.25) is 5.88 Å². The molecular weight excluding hydrogens is 246 g/mol. The number of methoxy groups -OCH3 is 2. The highest BCUT2D eigenvalue weighted by Gasteiger charge is 2.13. The fourth-order valence-corrected chi connectivity index (χ4v) is 1.73. The van der Waals surface area contributed by atoms with Gasteiger partial charge in [-0.25, -0.2) is 9.78 Å². The van der Waals surface area contributed by atoms with E-state index in [2.05, 4.69) is 4.98 Å². The highest BCUT2D eigenvalue weighted by Crippen LogP contribution is 2.28. The zero-order valence-corrected chi connectivity index (χ0v) is 10.6. The first-order valence-corrected chi connectivity index (χ1v) is 5.58. The summed E-state index contributed by atoms with van der Waals surface area (Å²) in [6.07, 6.45) is 0. The lowest BCUT2D eigenvalue weighted by atomic mass is 10.0. The number of rotatable bonds is 4. The Kier molecular flexibility index (Phi) is 3.66. The largest absolute Gasteiger partial charge is 0.496 e. The van der Waals surface area contributed by atoms with E-state index in [0.717, 1.165) is 0 Å². The van der Waals surface area contributed by atoms with Crippen LogP contribution in [0, 0.1) is 0 Å². The number of carboxylic acid groups (broad SMARTS) is 1. The number of hydrogen-bond acceptors (Lipinski definition) is 4. The fraction of sp³-hybridized carbons (Fsp3) is 0.143. The number of ether oxygens (including phenoxy) is 2. The third kappa shape index (κ3) is 2.65. The van der Waals surface area contributed by atoms with Crippen molar-refractivity contribution in [1.82, 2.24) is 4.98 Å². The quantitative estimate of drug-likeness (QED) is 0.913. The van der Waals surface area contributed by atoms with E-state index >= 15 is 0 Å². The van der Waals surface area contributed by atoms with E-state index in [1.54, 1.807) is 30.3 Å². The van der Waals surface area contributed by atoms with Gasteiger partial charge >= 0.3 is 5.97 Å². The molecule has 0 aliphatic rings. The molecule has 5 nitrogen and oxygen atoms in total. The second-order valence-electron chi connectivity index (χ2n) is 3.79. The van der Waals surface area contributed by atoms with Gasteiger partial charge in [-0.05, 0) is 6.07 Å². The highest BCUT2D eigenvalue weighted by atomic mass is 16.5. The van der Waals surface area contributed by atoms with Crippen molar-refractivity contribution in [2.75, 3.05) is 14.2 Å².